The van der Waals surface area contributed by atoms with Crippen molar-refractivity contribution in [2.24, 2.45) is 0 Å². The number of hydrogen-bond donors (Lipinski definition) is 0. The zero-order valence-electron chi connectivity index (χ0n) is 35.9. The van der Waals surface area contributed by atoms with Crippen LogP contribution in [0.1, 0.15) is 45.9 Å². The maximum Gasteiger partial charge on any atom is 0.0714 e. The maximum absolute atomic E-state index is 2.52. The van der Waals surface area contributed by atoms with E-state index in [1.54, 1.807) is 0 Å². The fraction of sp³-hybridized carbons (Fsp3) is 0.0476. The smallest absolute Gasteiger partial charge is 0.0714 e. The Labute approximate surface area is 384 Å². The van der Waals surface area contributed by atoms with Crippen LogP contribution < -0.4 is 4.90 Å². The van der Waals surface area contributed by atoms with Crippen molar-refractivity contribution in [1.29, 1.82) is 0 Å². The average molecular weight is 846 g/mol. The number of benzene rings is 10. The van der Waals surface area contributed by atoms with Gasteiger partial charge in [0.15, 0.2) is 0 Å². The van der Waals surface area contributed by atoms with E-state index >= 15 is 0 Å². The highest BCUT2D eigenvalue weighted by molar-refractivity contribution is 7.25. The molecule has 306 valence electrons. The number of thiophene rings is 1. The third kappa shape index (κ3) is 5.51. The van der Waals surface area contributed by atoms with Crippen molar-refractivity contribution >= 4 is 48.6 Å². The molecule has 0 bridgehead atoms. The van der Waals surface area contributed by atoms with Crippen LogP contribution in [0.2, 0.25) is 0 Å². The van der Waals surface area contributed by atoms with Crippen molar-refractivity contribution in [3.05, 3.63) is 282 Å². The van der Waals surface area contributed by atoms with Gasteiger partial charge in [-0.2, -0.15) is 0 Å². The summed E-state index contributed by atoms with van der Waals surface area (Å²) in [6.07, 6.45) is 0. The van der Waals surface area contributed by atoms with Crippen molar-refractivity contribution in [1.82, 2.24) is 0 Å². The van der Waals surface area contributed by atoms with Crippen LogP contribution >= 0.6 is 11.3 Å². The molecule has 0 amide bonds. The molecule has 0 fully saturated rings. The molecule has 2 heteroatoms. The summed E-state index contributed by atoms with van der Waals surface area (Å²) in [4.78, 5) is 2.52. The van der Waals surface area contributed by atoms with Gasteiger partial charge in [-0.05, 0) is 122 Å². The predicted molar refractivity (Wildman–Crippen MR) is 274 cm³/mol. The van der Waals surface area contributed by atoms with Gasteiger partial charge in [0.1, 0.15) is 0 Å². The average Bonchev–Trinajstić information content (AvgIpc) is 4.00. The normalized spacial score (nSPS) is 15.3. The third-order valence-corrected chi connectivity index (χ3v) is 15.6. The van der Waals surface area contributed by atoms with Gasteiger partial charge in [0.05, 0.1) is 11.1 Å². The van der Waals surface area contributed by atoms with Crippen molar-refractivity contribution in [2.45, 2.75) is 17.8 Å². The van der Waals surface area contributed by atoms with E-state index in [2.05, 4.69) is 254 Å². The van der Waals surface area contributed by atoms with Gasteiger partial charge in [-0.15, -0.1) is 11.3 Å². The molecule has 1 atom stereocenters. The molecule has 1 aromatic heterocycles. The van der Waals surface area contributed by atoms with Crippen molar-refractivity contribution < 1.29 is 0 Å². The zero-order valence-corrected chi connectivity index (χ0v) is 36.8. The molecule has 2 aliphatic rings. The van der Waals surface area contributed by atoms with E-state index in [4.69, 9.17) is 0 Å². The van der Waals surface area contributed by atoms with Crippen molar-refractivity contribution in [3.63, 3.8) is 0 Å². The fourth-order valence-corrected chi connectivity index (χ4v) is 12.6. The van der Waals surface area contributed by atoms with Crippen LogP contribution in [0.5, 0.6) is 0 Å². The summed E-state index contributed by atoms with van der Waals surface area (Å²) >= 11 is 1.86. The molecule has 0 spiro atoms. The molecule has 1 heterocycles. The van der Waals surface area contributed by atoms with Gasteiger partial charge in [0.25, 0.3) is 0 Å². The summed E-state index contributed by atoms with van der Waals surface area (Å²) in [6, 6.07) is 90.5. The minimum absolute atomic E-state index is 0.287. The van der Waals surface area contributed by atoms with Crippen LogP contribution in [-0.2, 0) is 10.8 Å². The topological polar surface area (TPSA) is 3.24 Å². The van der Waals surface area contributed by atoms with Gasteiger partial charge in [-0.1, -0.05) is 194 Å². The lowest BCUT2D eigenvalue weighted by atomic mass is 9.68. The molecule has 1 unspecified atom stereocenters. The summed E-state index contributed by atoms with van der Waals surface area (Å²) in [5.41, 5.74) is 19.2. The first kappa shape index (κ1) is 37.7. The Hall–Kier alpha value is -7.78. The van der Waals surface area contributed by atoms with Crippen LogP contribution in [0.25, 0.3) is 53.6 Å². The molecule has 1 nitrogen and oxygen atoms in total. The van der Waals surface area contributed by atoms with Gasteiger partial charge >= 0.3 is 0 Å². The number of rotatable bonds is 7. The number of anilines is 3. The first-order valence-corrected chi connectivity index (χ1v) is 23.4. The first-order chi connectivity index (χ1) is 32.1. The van der Waals surface area contributed by atoms with Gasteiger partial charge in [-0.25, -0.2) is 0 Å². The van der Waals surface area contributed by atoms with Gasteiger partial charge < -0.3 is 4.90 Å². The summed E-state index contributed by atoms with van der Waals surface area (Å²) in [5.74, 6) is 0. The Kier molecular flexibility index (Phi) is 8.50. The summed E-state index contributed by atoms with van der Waals surface area (Å²) in [5, 5.41) is 2.63. The minimum Gasteiger partial charge on any atom is -0.310 e. The minimum atomic E-state index is -0.515. The molecular weight excluding hydrogens is 803 g/mol. The second-order valence-corrected chi connectivity index (χ2v) is 18.8. The molecular formula is C63H43NS. The highest BCUT2D eigenvalue weighted by Gasteiger charge is 2.47. The second-order valence-electron chi connectivity index (χ2n) is 17.7. The number of nitrogens with zero attached hydrogens (tertiary/aromatic N) is 1. The molecule has 65 heavy (non-hydrogen) atoms. The summed E-state index contributed by atoms with van der Waals surface area (Å²) in [7, 11) is 0. The van der Waals surface area contributed by atoms with Crippen LogP contribution in [0, 0.1) is 0 Å². The molecule has 0 radical (unpaired) electrons. The fourth-order valence-electron chi connectivity index (χ4n) is 11.5. The SMILES string of the molecule is CC1(c2ccccc2)c2ccccc2-c2cc(N(c3ccc(-c4ccc5sc6ccccc6c5c4)cc3)c3cccc4c3-c3ccccc3C4(c3ccccc3)c3ccccc3)ccc21. The Morgan fingerprint density at radius 2 is 0.908 bits per heavy atom. The second kappa shape index (κ2) is 14.6. The van der Waals surface area contributed by atoms with E-state index in [9.17, 15) is 0 Å². The van der Waals surface area contributed by atoms with E-state index < -0.39 is 5.41 Å². The standard InChI is InChI=1S/C63H43NS/c1-62(44-18-5-2-6-19-44)54-27-14-11-24-49(54)52-41-48(37-38-55(52)62)64(47-35-32-42(33-36-47)43-34-39-60-53(40-43)50-25-13-16-31-59(50)65-60)58-30-17-29-57-61(58)51-26-12-15-28-56(51)63(57,45-20-7-3-8-21-45)46-22-9-4-10-23-46/h2-41H,1H3. The lowest BCUT2D eigenvalue weighted by molar-refractivity contribution is 0.714. The Morgan fingerprint density at radius 1 is 0.354 bits per heavy atom. The van der Waals surface area contributed by atoms with E-state index in [0.29, 0.717) is 0 Å². The highest BCUT2D eigenvalue weighted by atomic mass is 32.1. The van der Waals surface area contributed by atoms with Crippen LogP contribution in [0.4, 0.5) is 17.1 Å². The largest absolute Gasteiger partial charge is 0.310 e. The number of hydrogen-bond acceptors (Lipinski definition) is 2. The molecule has 0 saturated carbocycles. The number of fused-ring (bicyclic) bond motifs is 9. The zero-order chi connectivity index (χ0) is 43.1. The molecule has 2 aliphatic carbocycles. The third-order valence-electron chi connectivity index (χ3n) is 14.4. The van der Waals surface area contributed by atoms with E-state index in [-0.39, 0.29) is 5.41 Å². The van der Waals surface area contributed by atoms with Crippen LogP contribution in [0.3, 0.4) is 0 Å². The van der Waals surface area contributed by atoms with Crippen molar-refractivity contribution in [2.75, 3.05) is 4.90 Å². The molecule has 0 saturated heterocycles. The van der Waals surface area contributed by atoms with Gasteiger partial charge in [-0.3, -0.25) is 0 Å². The van der Waals surface area contributed by atoms with Crippen LogP contribution in [0.15, 0.2) is 243 Å². The lowest BCUT2D eigenvalue weighted by Gasteiger charge is -2.34. The molecule has 0 aliphatic heterocycles. The van der Waals surface area contributed by atoms with Crippen LogP contribution in [-0.4, -0.2) is 0 Å². The van der Waals surface area contributed by atoms with Gasteiger partial charge in [0, 0.05) is 42.5 Å². The monoisotopic (exact) mass is 845 g/mol. The van der Waals surface area contributed by atoms with E-state index in [1.807, 2.05) is 11.3 Å². The summed E-state index contributed by atoms with van der Waals surface area (Å²) in [6.45, 7) is 2.40. The highest BCUT2D eigenvalue weighted by Crippen LogP contribution is 2.60. The van der Waals surface area contributed by atoms with E-state index in [1.165, 1.54) is 92.5 Å². The quantitative estimate of drug-likeness (QED) is 0.154. The molecule has 0 N–H and O–H groups in total. The molecule has 13 rings (SSSR count). The Bertz CT molecular complexity index is 3570. The predicted octanol–water partition coefficient (Wildman–Crippen LogP) is 16.9. The Balaban J connectivity index is 1.05. The first-order valence-electron chi connectivity index (χ1n) is 22.6. The molecule has 10 aromatic carbocycles. The lowest BCUT2D eigenvalue weighted by Crippen LogP contribution is -2.28. The Morgan fingerprint density at radius 3 is 1.65 bits per heavy atom. The van der Waals surface area contributed by atoms with Gasteiger partial charge in [0.2, 0.25) is 0 Å². The van der Waals surface area contributed by atoms with E-state index in [0.717, 1.165) is 17.1 Å². The van der Waals surface area contributed by atoms with Crippen molar-refractivity contribution in [3.8, 4) is 33.4 Å². The maximum atomic E-state index is 2.52. The summed E-state index contributed by atoms with van der Waals surface area (Å²) < 4.78 is 2.65. The molecule has 11 aromatic rings.